The number of hydrogen-bond acceptors (Lipinski definition) is 2. The van der Waals surface area contributed by atoms with Gasteiger partial charge < -0.3 is 14.8 Å². The lowest BCUT2D eigenvalue weighted by molar-refractivity contribution is -0.132. The molecule has 0 saturated carbocycles. The minimum atomic E-state index is -0.321. The number of carbonyl (C=O) groups is 2. The van der Waals surface area contributed by atoms with Crippen LogP contribution in [0.15, 0.2) is 79.0 Å². The van der Waals surface area contributed by atoms with Crippen molar-refractivity contribution in [1.82, 2.24) is 14.8 Å². The lowest BCUT2D eigenvalue weighted by Crippen LogP contribution is -2.43. The maximum absolute atomic E-state index is 13.6. The Morgan fingerprint density at radius 3 is 2.49 bits per heavy atom. The van der Waals surface area contributed by atoms with E-state index < -0.39 is 0 Å². The van der Waals surface area contributed by atoms with E-state index in [1.54, 1.807) is 46.2 Å². The first-order chi connectivity index (χ1) is 17.9. The molecule has 4 rings (SSSR count). The smallest absolute Gasteiger partial charge is 0.254 e. The summed E-state index contributed by atoms with van der Waals surface area (Å²) in [6.07, 6.45) is 4.30. The van der Waals surface area contributed by atoms with E-state index in [-0.39, 0.29) is 24.2 Å². The Hall–Kier alpha value is -3.64. The van der Waals surface area contributed by atoms with Crippen LogP contribution >= 0.6 is 11.6 Å². The molecule has 0 aliphatic carbocycles. The van der Waals surface area contributed by atoms with Gasteiger partial charge in [0.25, 0.3) is 5.91 Å². The predicted molar refractivity (Wildman–Crippen MR) is 146 cm³/mol. The SMILES string of the molecule is CCCCN(CC(=O)N(CCc1c[nH]c2ccccc12)Cc1ccc(F)cc1)C(=O)c1cccc(Cl)c1. The van der Waals surface area contributed by atoms with Gasteiger partial charge in [0, 0.05) is 47.3 Å². The van der Waals surface area contributed by atoms with E-state index in [2.05, 4.69) is 11.1 Å². The molecule has 192 valence electrons. The number of para-hydroxylation sites is 1. The Morgan fingerprint density at radius 1 is 0.946 bits per heavy atom. The van der Waals surface area contributed by atoms with Crippen molar-refractivity contribution in [3.63, 3.8) is 0 Å². The van der Waals surface area contributed by atoms with Gasteiger partial charge in [0.2, 0.25) is 5.91 Å². The fourth-order valence-electron chi connectivity index (χ4n) is 4.36. The van der Waals surface area contributed by atoms with Crippen LogP contribution in [0, 0.1) is 5.82 Å². The summed E-state index contributed by atoms with van der Waals surface area (Å²) in [4.78, 5) is 33.6. The van der Waals surface area contributed by atoms with Crippen LogP contribution in [0.3, 0.4) is 0 Å². The Labute approximate surface area is 221 Å². The molecule has 1 aromatic heterocycles. The number of rotatable bonds is 11. The predicted octanol–water partition coefficient (Wildman–Crippen LogP) is 6.47. The number of aromatic nitrogens is 1. The van der Waals surface area contributed by atoms with Gasteiger partial charge in [-0.3, -0.25) is 9.59 Å². The first-order valence-electron chi connectivity index (χ1n) is 12.6. The number of unbranched alkanes of at least 4 members (excludes halogenated alkanes) is 1. The molecule has 0 atom stereocenters. The maximum atomic E-state index is 13.6. The second kappa shape index (κ2) is 12.5. The lowest BCUT2D eigenvalue weighted by atomic mass is 10.1. The number of halogens is 2. The molecule has 2 amide bonds. The summed E-state index contributed by atoms with van der Waals surface area (Å²) >= 11 is 6.11. The summed E-state index contributed by atoms with van der Waals surface area (Å²) in [5.74, 6) is -0.698. The van der Waals surface area contributed by atoms with Crippen molar-refractivity contribution in [3.05, 3.63) is 107 Å². The van der Waals surface area contributed by atoms with Crippen molar-refractivity contribution < 1.29 is 14.0 Å². The van der Waals surface area contributed by atoms with E-state index in [0.717, 1.165) is 34.9 Å². The van der Waals surface area contributed by atoms with Crippen molar-refractivity contribution >= 4 is 34.3 Å². The molecule has 0 unspecified atom stereocenters. The molecule has 7 heteroatoms. The summed E-state index contributed by atoms with van der Waals surface area (Å²) in [5.41, 5.74) is 3.45. The van der Waals surface area contributed by atoms with Crippen LogP contribution in [0.1, 0.15) is 41.3 Å². The van der Waals surface area contributed by atoms with Gasteiger partial charge in [-0.1, -0.05) is 61.3 Å². The van der Waals surface area contributed by atoms with Crippen molar-refractivity contribution in [2.45, 2.75) is 32.7 Å². The largest absolute Gasteiger partial charge is 0.361 e. The number of aromatic amines is 1. The molecule has 0 spiro atoms. The highest BCUT2D eigenvalue weighted by Gasteiger charge is 2.23. The molecule has 0 bridgehead atoms. The van der Waals surface area contributed by atoms with Crippen molar-refractivity contribution in [3.8, 4) is 0 Å². The Morgan fingerprint density at radius 2 is 1.73 bits per heavy atom. The molecule has 0 aliphatic rings. The van der Waals surface area contributed by atoms with Crippen LogP contribution in [0.2, 0.25) is 5.02 Å². The highest BCUT2D eigenvalue weighted by molar-refractivity contribution is 6.31. The number of hydrogen-bond donors (Lipinski definition) is 1. The summed E-state index contributed by atoms with van der Waals surface area (Å²) in [6, 6.07) is 21.0. The zero-order valence-corrected chi connectivity index (χ0v) is 21.7. The first kappa shape index (κ1) is 26.4. The number of carbonyl (C=O) groups excluding carboxylic acids is 2. The van der Waals surface area contributed by atoms with Crippen LogP contribution in [-0.2, 0) is 17.8 Å². The van der Waals surface area contributed by atoms with Gasteiger partial charge in [-0.2, -0.15) is 0 Å². The molecule has 0 saturated heterocycles. The van der Waals surface area contributed by atoms with Gasteiger partial charge in [-0.25, -0.2) is 4.39 Å². The van der Waals surface area contributed by atoms with Gasteiger partial charge in [0.05, 0.1) is 0 Å². The third kappa shape index (κ3) is 6.98. The molecule has 5 nitrogen and oxygen atoms in total. The van der Waals surface area contributed by atoms with Crippen molar-refractivity contribution in [2.24, 2.45) is 0 Å². The van der Waals surface area contributed by atoms with E-state index >= 15 is 0 Å². The molecule has 4 aromatic rings. The van der Waals surface area contributed by atoms with Gasteiger partial charge >= 0.3 is 0 Å². The Bertz CT molecular complexity index is 1350. The summed E-state index contributed by atoms with van der Waals surface area (Å²) in [7, 11) is 0. The zero-order chi connectivity index (χ0) is 26.2. The second-order valence-electron chi connectivity index (χ2n) is 9.14. The Kier molecular flexibility index (Phi) is 8.96. The maximum Gasteiger partial charge on any atom is 0.254 e. The minimum Gasteiger partial charge on any atom is -0.361 e. The molecular weight excluding hydrogens is 489 g/mol. The molecule has 1 heterocycles. The molecule has 0 aliphatic heterocycles. The molecule has 1 N–H and O–H groups in total. The van der Waals surface area contributed by atoms with Gasteiger partial charge in [0.1, 0.15) is 12.4 Å². The van der Waals surface area contributed by atoms with Gasteiger partial charge in [-0.05, 0) is 60.4 Å². The molecule has 37 heavy (non-hydrogen) atoms. The fraction of sp³-hybridized carbons (Fsp3) is 0.267. The van der Waals surface area contributed by atoms with Crippen molar-refractivity contribution in [2.75, 3.05) is 19.6 Å². The average Bonchev–Trinajstić information content (AvgIpc) is 3.32. The zero-order valence-electron chi connectivity index (χ0n) is 20.9. The van der Waals surface area contributed by atoms with Crippen LogP contribution in [-0.4, -0.2) is 46.2 Å². The van der Waals surface area contributed by atoms with Crippen LogP contribution < -0.4 is 0 Å². The van der Waals surface area contributed by atoms with Crippen molar-refractivity contribution in [1.29, 1.82) is 0 Å². The summed E-state index contributed by atoms with van der Waals surface area (Å²) in [6.45, 7) is 3.27. The number of amides is 2. The van der Waals surface area contributed by atoms with Gasteiger partial charge in [-0.15, -0.1) is 0 Å². The molecule has 0 radical (unpaired) electrons. The monoisotopic (exact) mass is 519 g/mol. The normalized spacial score (nSPS) is 11.0. The summed E-state index contributed by atoms with van der Waals surface area (Å²) in [5, 5.41) is 1.60. The number of fused-ring (bicyclic) bond motifs is 1. The number of benzene rings is 3. The quantitative estimate of drug-likeness (QED) is 0.247. The Balaban J connectivity index is 1.54. The number of nitrogens with zero attached hydrogens (tertiary/aromatic N) is 2. The topological polar surface area (TPSA) is 56.4 Å². The van der Waals surface area contributed by atoms with Crippen LogP contribution in [0.5, 0.6) is 0 Å². The highest BCUT2D eigenvalue weighted by atomic mass is 35.5. The van der Waals surface area contributed by atoms with E-state index in [9.17, 15) is 14.0 Å². The molecular formula is C30H31ClFN3O2. The summed E-state index contributed by atoms with van der Waals surface area (Å²) < 4.78 is 13.5. The molecule has 0 fully saturated rings. The number of H-pyrrole nitrogens is 1. The van der Waals surface area contributed by atoms with E-state index in [1.807, 2.05) is 31.3 Å². The third-order valence-electron chi connectivity index (χ3n) is 6.43. The van der Waals surface area contributed by atoms with Crippen LogP contribution in [0.4, 0.5) is 4.39 Å². The second-order valence-corrected chi connectivity index (χ2v) is 9.58. The fourth-order valence-corrected chi connectivity index (χ4v) is 4.56. The average molecular weight is 520 g/mol. The highest BCUT2D eigenvalue weighted by Crippen LogP contribution is 2.19. The van der Waals surface area contributed by atoms with Gasteiger partial charge in [0.15, 0.2) is 0 Å². The first-order valence-corrected chi connectivity index (χ1v) is 12.9. The standard InChI is InChI=1S/C30H31ClFN3O2/c1-2-3-16-35(30(37)23-7-6-8-25(31)18-23)21-29(36)34(20-22-11-13-26(32)14-12-22)17-15-24-19-33-28-10-5-4-9-27(24)28/h4-14,18-19,33H,2-3,15-17,20-21H2,1H3. The number of nitrogens with one attached hydrogen (secondary N) is 1. The van der Waals surface area contributed by atoms with E-state index in [1.165, 1.54) is 12.1 Å². The van der Waals surface area contributed by atoms with E-state index in [4.69, 9.17) is 11.6 Å². The minimum absolute atomic E-state index is 0.0412. The molecule has 3 aromatic carbocycles. The lowest BCUT2D eigenvalue weighted by Gasteiger charge is -2.28. The third-order valence-corrected chi connectivity index (χ3v) is 6.67. The van der Waals surface area contributed by atoms with Crippen LogP contribution in [0.25, 0.3) is 10.9 Å². The van der Waals surface area contributed by atoms with E-state index in [0.29, 0.717) is 36.6 Å².